The first-order valence-corrected chi connectivity index (χ1v) is 5.14. The molecule has 1 aliphatic heterocycles. The number of ether oxygens (including phenoxy) is 1. The van der Waals surface area contributed by atoms with E-state index in [0.29, 0.717) is 11.9 Å². The van der Waals surface area contributed by atoms with Crippen LogP contribution >= 0.6 is 0 Å². The van der Waals surface area contributed by atoms with Gasteiger partial charge in [-0.1, -0.05) is 0 Å². The second-order valence-electron chi connectivity index (χ2n) is 3.67. The number of hydrogen-bond donors (Lipinski definition) is 1. The fourth-order valence-electron chi connectivity index (χ4n) is 1.78. The number of hydrogen-bond acceptors (Lipinski definition) is 5. The van der Waals surface area contributed by atoms with Crippen LogP contribution in [0.3, 0.4) is 0 Å². The van der Waals surface area contributed by atoms with Crippen LogP contribution in [0.5, 0.6) is 5.88 Å². The summed E-state index contributed by atoms with van der Waals surface area (Å²) in [5.41, 5.74) is 0. The molecule has 1 aromatic heterocycles. The largest absolute Gasteiger partial charge is 0.481 e. The summed E-state index contributed by atoms with van der Waals surface area (Å²) < 4.78 is 5.09. The summed E-state index contributed by atoms with van der Waals surface area (Å²) in [6.45, 7) is 5.14. The summed E-state index contributed by atoms with van der Waals surface area (Å²) in [5.74, 6) is 1.56. The third-order valence-electron chi connectivity index (χ3n) is 2.63. The number of anilines is 1. The van der Waals surface area contributed by atoms with Crippen molar-refractivity contribution in [3.8, 4) is 5.88 Å². The van der Waals surface area contributed by atoms with E-state index in [2.05, 4.69) is 27.1 Å². The van der Waals surface area contributed by atoms with E-state index in [-0.39, 0.29) is 0 Å². The van der Waals surface area contributed by atoms with Gasteiger partial charge in [0.05, 0.1) is 7.11 Å². The summed E-state index contributed by atoms with van der Waals surface area (Å²) in [6, 6.07) is 2.33. The Morgan fingerprint density at radius 2 is 2.40 bits per heavy atom. The quantitative estimate of drug-likeness (QED) is 0.756. The zero-order valence-electron chi connectivity index (χ0n) is 9.10. The van der Waals surface area contributed by atoms with Gasteiger partial charge in [0, 0.05) is 31.7 Å². The zero-order valence-corrected chi connectivity index (χ0v) is 9.10. The molecular weight excluding hydrogens is 192 g/mol. The standard InChI is InChI=1S/C10H16N4O/c1-8-6-11-3-4-14(8)9-5-10(15-2)13-7-12-9/h5,7-8,11H,3-4,6H2,1-2H3/t8-/m1/s1. The van der Waals surface area contributed by atoms with Crippen LogP contribution in [0.4, 0.5) is 5.82 Å². The molecule has 1 saturated heterocycles. The number of nitrogens with zero attached hydrogens (tertiary/aromatic N) is 3. The van der Waals surface area contributed by atoms with Crippen LogP contribution in [-0.4, -0.2) is 42.8 Å². The Bertz CT molecular complexity index is 331. The fourth-order valence-corrected chi connectivity index (χ4v) is 1.78. The molecule has 82 valence electrons. The molecule has 0 amide bonds. The molecule has 15 heavy (non-hydrogen) atoms. The molecule has 1 atom stereocenters. The van der Waals surface area contributed by atoms with Crippen molar-refractivity contribution in [3.63, 3.8) is 0 Å². The van der Waals surface area contributed by atoms with Crippen molar-refractivity contribution in [2.75, 3.05) is 31.6 Å². The summed E-state index contributed by atoms with van der Waals surface area (Å²) in [4.78, 5) is 10.5. The highest BCUT2D eigenvalue weighted by Gasteiger charge is 2.19. The van der Waals surface area contributed by atoms with E-state index in [0.717, 1.165) is 25.5 Å². The van der Waals surface area contributed by atoms with Crippen molar-refractivity contribution in [1.29, 1.82) is 0 Å². The van der Waals surface area contributed by atoms with Crippen LogP contribution in [0, 0.1) is 0 Å². The Labute approximate surface area is 89.5 Å². The SMILES string of the molecule is COc1cc(N2CCNC[C@H]2C)ncn1. The topological polar surface area (TPSA) is 50.3 Å². The highest BCUT2D eigenvalue weighted by atomic mass is 16.5. The van der Waals surface area contributed by atoms with Gasteiger partial charge in [0.15, 0.2) is 0 Å². The van der Waals surface area contributed by atoms with E-state index >= 15 is 0 Å². The number of methoxy groups -OCH3 is 1. The van der Waals surface area contributed by atoms with E-state index in [4.69, 9.17) is 4.74 Å². The van der Waals surface area contributed by atoms with Gasteiger partial charge >= 0.3 is 0 Å². The second kappa shape index (κ2) is 4.44. The van der Waals surface area contributed by atoms with Crippen LogP contribution in [0.1, 0.15) is 6.92 Å². The van der Waals surface area contributed by atoms with Crippen LogP contribution in [0.15, 0.2) is 12.4 Å². The third kappa shape index (κ3) is 2.18. The molecule has 1 fully saturated rings. The normalized spacial score (nSPS) is 21.5. The van der Waals surface area contributed by atoms with Gasteiger partial charge in [-0.2, -0.15) is 0 Å². The summed E-state index contributed by atoms with van der Waals surface area (Å²) in [6.07, 6.45) is 1.54. The van der Waals surface area contributed by atoms with Gasteiger partial charge in [-0.25, -0.2) is 9.97 Å². The Hall–Kier alpha value is -1.36. The van der Waals surface area contributed by atoms with E-state index in [9.17, 15) is 0 Å². The van der Waals surface area contributed by atoms with Crippen molar-refractivity contribution in [2.45, 2.75) is 13.0 Å². The first-order chi connectivity index (χ1) is 7.31. The molecule has 0 spiro atoms. The van der Waals surface area contributed by atoms with Gasteiger partial charge in [0.1, 0.15) is 12.1 Å². The molecule has 2 rings (SSSR count). The van der Waals surface area contributed by atoms with E-state index in [1.807, 2.05) is 6.07 Å². The maximum Gasteiger partial charge on any atom is 0.218 e. The smallest absolute Gasteiger partial charge is 0.218 e. The molecule has 0 saturated carbocycles. The Kier molecular flexibility index (Phi) is 3.01. The minimum absolute atomic E-state index is 0.457. The van der Waals surface area contributed by atoms with Crippen LogP contribution in [-0.2, 0) is 0 Å². The monoisotopic (exact) mass is 208 g/mol. The maximum atomic E-state index is 5.09. The van der Waals surface area contributed by atoms with Crippen molar-refractivity contribution < 1.29 is 4.74 Å². The molecule has 0 aliphatic carbocycles. The first-order valence-electron chi connectivity index (χ1n) is 5.14. The maximum absolute atomic E-state index is 5.09. The highest BCUT2D eigenvalue weighted by Crippen LogP contribution is 2.18. The Morgan fingerprint density at radius 3 is 3.13 bits per heavy atom. The molecule has 0 unspecified atom stereocenters. The molecule has 0 bridgehead atoms. The average Bonchev–Trinajstić information content (AvgIpc) is 2.30. The summed E-state index contributed by atoms with van der Waals surface area (Å²) >= 11 is 0. The van der Waals surface area contributed by atoms with Gasteiger partial charge in [0.2, 0.25) is 5.88 Å². The number of aromatic nitrogens is 2. The highest BCUT2D eigenvalue weighted by molar-refractivity contribution is 5.42. The van der Waals surface area contributed by atoms with Gasteiger partial charge in [-0.15, -0.1) is 0 Å². The molecule has 2 heterocycles. The van der Waals surface area contributed by atoms with Gasteiger partial charge in [-0.05, 0) is 6.92 Å². The Morgan fingerprint density at radius 1 is 1.53 bits per heavy atom. The first kappa shape index (κ1) is 10.2. The van der Waals surface area contributed by atoms with Crippen LogP contribution < -0.4 is 15.0 Å². The van der Waals surface area contributed by atoms with Gasteiger partial charge < -0.3 is 15.0 Å². The lowest BCUT2D eigenvalue weighted by molar-refractivity contribution is 0.396. The molecule has 0 aromatic carbocycles. The molecular formula is C10H16N4O. The number of rotatable bonds is 2. The average molecular weight is 208 g/mol. The summed E-state index contributed by atoms with van der Waals surface area (Å²) in [5, 5.41) is 3.35. The lowest BCUT2D eigenvalue weighted by Crippen LogP contribution is -2.50. The molecule has 0 radical (unpaired) electrons. The molecule has 1 aromatic rings. The van der Waals surface area contributed by atoms with Crippen molar-refractivity contribution in [2.24, 2.45) is 0 Å². The van der Waals surface area contributed by atoms with Crippen LogP contribution in [0.25, 0.3) is 0 Å². The van der Waals surface area contributed by atoms with E-state index in [1.165, 1.54) is 0 Å². The van der Waals surface area contributed by atoms with E-state index < -0.39 is 0 Å². The van der Waals surface area contributed by atoms with E-state index in [1.54, 1.807) is 13.4 Å². The van der Waals surface area contributed by atoms with Crippen molar-refractivity contribution in [1.82, 2.24) is 15.3 Å². The number of piperazine rings is 1. The fraction of sp³-hybridized carbons (Fsp3) is 0.600. The molecule has 1 N–H and O–H groups in total. The zero-order chi connectivity index (χ0) is 10.7. The molecule has 5 heteroatoms. The summed E-state index contributed by atoms with van der Waals surface area (Å²) in [7, 11) is 1.62. The molecule has 1 aliphatic rings. The van der Waals surface area contributed by atoms with Gasteiger partial charge in [-0.3, -0.25) is 0 Å². The minimum Gasteiger partial charge on any atom is -0.481 e. The molecule has 5 nitrogen and oxygen atoms in total. The lowest BCUT2D eigenvalue weighted by Gasteiger charge is -2.34. The minimum atomic E-state index is 0.457. The van der Waals surface area contributed by atoms with Gasteiger partial charge in [0.25, 0.3) is 0 Å². The predicted molar refractivity (Wildman–Crippen MR) is 58.3 cm³/mol. The third-order valence-corrected chi connectivity index (χ3v) is 2.63. The second-order valence-corrected chi connectivity index (χ2v) is 3.67. The Balaban J connectivity index is 2.19. The van der Waals surface area contributed by atoms with Crippen molar-refractivity contribution >= 4 is 5.82 Å². The number of nitrogens with one attached hydrogen (secondary N) is 1. The van der Waals surface area contributed by atoms with Crippen molar-refractivity contribution in [3.05, 3.63) is 12.4 Å². The lowest BCUT2D eigenvalue weighted by atomic mass is 10.2. The van der Waals surface area contributed by atoms with Crippen LogP contribution in [0.2, 0.25) is 0 Å². The predicted octanol–water partition coefficient (Wildman–Crippen LogP) is 0.283.